The molecule has 0 unspecified atom stereocenters. The Bertz CT molecular complexity index is 541. The Morgan fingerprint density at radius 1 is 1.10 bits per heavy atom. The van der Waals surface area contributed by atoms with Crippen molar-refractivity contribution in [3.63, 3.8) is 0 Å². The minimum absolute atomic E-state index is 0.631. The molecule has 0 aliphatic heterocycles. The lowest BCUT2D eigenvalue weighted by atomic mass is 10.1. The molecule has 0 saturated carbocycles. The molecule has 0 radical (unpaired) electrons. The largest absolute Gasteiger partial charge is 0.493 e. The van der Waals surface area contributed by atoms with Crippen molar-refractivity contribution < 1.29 is 9.47 Å². The lowest BCUT2D eigenvalue weighted by Gasteiger charge is -2.14. The molecule has 0 fully saturated rings. The molecule has 1 heterocycles. The van der Waals surface area contributed by atoms with Crippen LogP contribution >= 0.6 is 0 Å². The minimum Gasteiger partial charge on any atom is -0.493 e. The van der Waals surface area contributed by atoms with Crippen LogP contribution in [-0.4, -0.2) is 44.2 Å². The molecule has 1 aromatic heterocycles. The maximum absolute atomic E-state index is 5.74. The quantitative estimate of drug-likeness (QED) is 0.810. The SMILES string of the molecule is COc1cc(-c2ccccn2)ccc1OCCN(C)C. The van der Waals surface area contributed by atoms with Gasteiger partial charge in [-0.1, -0.05) is 6.07 Å². The van der Waals surface area contributed by atoms with Crippen molar-refractivity contribution in [2.24, 2.45) is 0 Å². The summed E-state index contributed by atoms with van der Waals surface area (Å²) in [5.41, 5.74) is 1.94. The van der Waals surface area contributed by atoms with Crippen molar-refractivity contribution in [2.45, 2.75) is 0 Å². The Kier molecular flexibility index (Phi) is 4.96. The molecule has 2 rings (SSSR count). The first-order chi connectivity index (χ1) is 9.70. The summed E-state index contributed by atoms with van der Waals surface area (Å²) in [7, 11) is 5.69. The molecule has 0 N–H and O–H groups in total. The molecule has 4 nitrogen and oxygen atoms in total. The van der Waals surface area contributed by atoms with Gasteiger partial charge in [-0.25, -0.2) is 0 Å². The summed E-state index contributed by atoms with van der Waals surface area (Å²) in [5.74, 6) is 1.49. The first kappa shape index (κ1) is 14.3. The van der Waals surface area contributed by atoms with Crippen LogP contribution in [0.3, 0.4) is 0 Å². The molecular formula is C16H20N2O2. The average Bonchev–Trinajstić information content (AvgIpc) is 2.48. The normalized spacial score (nSPS) is 10.6. The third-order valence-corrected chi connectivity index (χ3v) is 2.92. The van der Waals surface area contributed by atoms with Crippen molar-refractivity contribution in [1.29, 1.82) is 0 Å². The van der Waals surface area contributed by atoms with Crippen molar-refractivity contribution in [3.8, 4) is 22.8 Å². The van der Waals surface area contributed by atoms with Gasteiger partial charge in [0, 0.05) is 18.3 Å². The van der Waals surface area contributed by atoms with E-state index in [9.17, 15) is 0 Å². The van der Waals surface area contributed by atoms with Crippen molar-refractivity contribution >= 4 is 0 Å². The Labute approximate surface area is 120 Å². The van der Waals surface area contributed by atoms with Crippen molar-refractivity contribution in [3.05, 3.63) is 42.6 Å². The van der Waals surface area contributed by atoms with E-state index in [1.165, 1.54) is 0 Å². The standard InChI is InChI=1S/C16H20N2O2/c1-18(2)10-11-20-15-8-7-13(12-16(15)19-3)14-6-4-5-9-17-14/h4-9,12H,10-11H2,1-3H3. The smallest absolute Gasteiger partial charge is 0.161 e. The average molecular weight is 272 g/mol. The number of nitrogens with zero attached hydrogens (tertiary/aromatic N) is 2. The molecule has 106 valence electrons. The van der Waals surface area contributed by atoms with E-state index in [0.717, 1.165) is 29.3 Å². The molecule has 0 aliphatic rings. The van der Waals surface area contributed by atoms with Crippen LogP contribution in [0.4, 0.5) is 0 Å². The Balaban J connectivity index is 2.16. The number of hydrogen-bond acceptors (Lipinski definition) is 4. The first-order valence-corrected chi connectivity index (χ1v) is 6.57. The number of rotatable bonds is 6. The van der Waals surface area contributed by atoms with Crippen LogP contribution in [0, 0.1) is 0 Å². The zero-order valence-corrected chi connectivity index (χ0v) is 12.2. The van der Waals surface area contributed by atoms with Crippen LogP contribution in [0.1, 0.15) is 0 Å². The Morgan fingerprint density at radius 3 is 2.60 bits per heavy atom. The second-order valence-corrected chi connectivity index (χ2v) is 4.73. The fraction of sp³-hybridized carbons (Fsp3) is 0.312. The van der Waals surface area contributed by atoms with Gasteiger partial charge in [-0.15, -0.1) is 0 Å². The van der Waals surface area contributed by atoms with Crippen LogP contribution in [0.15, 0.2) is 42.6 Å². The topological polar surface area (TPSA) is 34.6 Å². The van der Waals surface area contributed by atoms with Crippen LogP contribution in [0.5, 0.6) is 11.5 Å². The summed E-state index contributed by atoms with van der Waals surface area (Å²) in [6, 6.07) is 11.7. The highest BCUT2D eigenvalue weighted by atomic mass is 16.5. The highest BCUT2D eigenvalue weighted by Gasteiger charge is 2.07. The van der Waals surface area contributed by atoms with Gasteiger partial charge in [-0.05, 0) is 44.4 Å². The fourth-order valence-corrected chi connectivity index (χ4v) is 1.82. The zero-order valence-electron chi connectivity index (χ0n) is 12.2. The van der Waals surface area contributed by atoms with E-state index in [1.54, 1.807) is 13.3 Å². The van der Waals surface area contributed by atoms with Gasteiger partial charge in [0.25, 0.3) is 0 Å². The van der Waals surface area contributed by atoms with Crippen molar-refractivity contribution in [2.75, 3.05) is 34.4 Å². The number of aromatic nitrogens is 1. The Morgan fingerprint density at radius 2 is 1.95 bits per heavy atom. The number of pyridine rings is 1. The monoisotopic (exact) mass is 272 g/mol. The zero-order chi connectivity index (χ0) is 14.4. The lowest BCUT2D eigenvalue weighted by molar-refractivity contribution is 0.251. The van der Waals surface area contributed by atoms with E-state index in [2.05, 4.69) is 9.88 Å². The maximum Gasteiger partial charge on any atom is 0.161 e. The molecule has 2 aromatic rings. The highest BCUT2D eigenvalue weighted by molar-refractivity contribution is 5.63. The number of ether oxygens (including phenoxy) is 2. The van der Waals surface area contributed by atoms with Crippen LogP contribution in [-0.2, 0) is 0 Å². The van der Waals surface area contributed by atoms with Gasteiger partial charge in [0.2, 0.25) is 0 Å². The van der Waals surface area contributed by atoms with Gasteiger partial charge in [0.1, 0.15) is 6.61 Å². The highest BCUT2D eigenvalue weighted by Crippen LogP contribution is 2.31. The molecule has 20 heavy (non-hydrogen) atoms. The molecule has 0 atom stereocenters. The second-order valence-electron chi connectivity index (χ2n) is 4.73. The van der Waals surface area contributed by atoms with Crippen LogP contribution < -0.4 is 9.47 Å². The third-order valence-electron chi connectivity index (χ3n) is 2.92. The van der Waals surface area contributed by atoms with Crippen LogP contribution in [0.25, 0.3) is 11.3 Å². The summed E-state index contributed by atoms with van der Waals surface area (Å²) in [4.78, 5) is 6.41. The second kappa shape index (κ2) is 6.91. The molecular weight excluding hydrogens is 252 g/mol. The molecule has 1 aromatic carbocycles. The molecule has 0 spiro atoms. The molecule has 0 saturated heterocycles. The lowest BCUT2D eigenvalue weighted by Crippen LogP contribution is -2.19. The first-order valence-electron chi connectivity index (χ1n) is 6.57. The summed E-state index contributed by atoms with van der Waals surface area (Å²) < 4.78 is 11.1. The van der Waals surface area contributed by atoms with Crippen molar-refractivity contribution in [1.82, 2.24) is 9.88 Å². The minimum atomic E-state index is 0.631. The van der Waals surface area contributed by atoms with E-state index >= 15 is 0 Å². The van der Waals surface area contributed by atoms with Gasteiger partial charge >= 0.3 is 0 Å². The predicted molar refractivity (Wildman–Crippen MR) is 80.3 cm³/mol. The molecule has 0 bridgehead atoms. The van der Waals surface area contributed by atoms with E-state index in [0.29, 0.717) is 6.61 Å². The molecule has 0 amide bonds. The van der Waals surface area contributed by atoms with E-state index in [-0.39, 0.29) is 0 Å². The van der Waals surface area contributed by atoms with Gasteiger partial charge in [0.15, 0.2) is 11.5 Å². The summed E-state index contributed by atoms with van der Waals surface area (Å²) in [5, 5.41) is 0. The third kappa shape index (κ3) is 3.71. The van der Waals surface area contributed by atoms with Crippen LogP contribution in [0.2, 0.25) is 0 Å². The predicted octanol–water partition coefficient (Wildman–Crippen LogP) is 2.70. The van der Waals surface area contributed by atoms with Gasteiger partial charge < -0.3 is 14.4 Å². The number of benzene rings is 1. The van der Waals surface area contributed by atoms with Gasteiger partial charge in [-0.3, -0.25) is 4.98 Å². The Hall–Kier alpha value is -2.07. The molecule has 4 heteroatoms. The van der Waals surface area contributed by atoms with E-state index < -0.39 is 0 Å². The number of hydrogen-bond donors (Lipinski definition) is 0. The molecule has 0 aliphatic carbocycles. The number of likely N-dealkylation sites (N-methyl/N-ethyl adjacent to an activating group) is 1. The maximum atomic E-state index is 5.74. The number of methoxy groups -OCH3 is 1. The van der Waals surface area contributed by atoms with Gasteiger partial charge in [-0.2, -0.15) is 0 Å². The van der Waals surface area contributed by atoms with Gasteiger partial charge in [0.05, 0.1) is 12.8 Å². The fourth-order valence-electron chi connectivity index (χ4n) is 1.82. The summed E-state index contributed by atoms with van der Waals surface area (Å²) >= 11 is 0. The summed E-state index contributed by atoms with van der Waals surface area (Å²) in [6.07, 6.45) is 1.78. The van der Waals surface area contributed by atoms with E-state index in [4.69, 9.17) is 9.47 Å². The van der Waals surface area contributed by atoms with E-state index in [1.807, 2.05) is 50.5 Å². The summed E-state index contributed by atoms with van der Waals surface area (Å²) in [6.45, 7) is 1.50.